The van der Waals surface area contributed by atoms with Crippen molar-refractivity contribution in [3.05, 3.63) is 78.1 Å². The molecule has 0 saturated carbocycles. The van der Waals surface area contributed by atoms with Crippen LogP contribution in [0.25, 0.3) is 22.4 Å². The molecule has 0 fully saturated rings. The van der Waals surface area contributed by atoms with Gasteiger partial charge in [0.2, 0.25) is 0 Å². The summed E-state index contributed by atoms with van der Waals surface area (Å²) in [6, 6.07) is 16.8. The van der Waals surface area contributed by atoms with Crippen molar-refractivity contribution in [1.82, 2.24) is 14.9 Å². The first-order valence-corrected chi connectivity index (χ1v) is 11.4. The molecule has 0 radical (unpaired) electrons. The largest absolute Gasteiger partial charge is 0.352 e. The molecule has 164 valence electrons. The third-order valence-electron chi connectivity index (χ3n) is 5.00. The Hall–Kier alpha value is -3.72. The number of anilines is 1. The van der Waals surface area contributed by atoms with Gasteiger partial charge in [0.1, 0.15) is 11.6 Å². The Morgan fingerprint density at radius 1 is 1.03 bits per heavy atom. The summed E-state index contributed by atoms with van der Waals surface area (Å²) in [5.41, 5.74) is 3.15. The van der Waals surface area contributed by atoms with Gasteiger partial charge in [-0.3, -0.25) is 9.52 Å². The highest BCUT2D eigenvalue weighted by Gasteiger charge is 2.16. The van der Waals surface area contributed by atoms with Gasteiger partial charge in [-0.2, -0.15) is 0 Å². The highest BCUT2D eigenvalue weighted by molar-refractivity contribution is 7.92. The number of benzene rings is 3. The smallest absolute Gasteiger partial charge is 0.261 e. The number of sulfonamides is 1. The molecule has 1 amide bonds. The van der Waals surface area contributed by atoms with E-state index in [4.69, 9.17) is 0 Å². The van der Waals surface area contributed by atoms with Crippen LogP contribution in [0.4, 0.5) is 10.1 Å². The number of carbonyl (C=O) groups excluding carboxylic acids is 1. The lowest BCUT2D eigenvalue weighted by molar-refractivity contribution is 0.0956. The molecule has 1 heterocycles. The Balaban J connectivity index is 1.63. The normalized spacial score (nSPS) is 11.5. The molecule has 0 spiro atoms. The minimum atomic E-state index is -3.86. The van der Waals surface area contributed by atoms with Crippen LogP contribution in [0.2, 0.25) is 0 Å². The third-order valence-corrected chi connectivity index (χ3v) is 6.40. The Morgan fingerprint density at radius 2 is 1.72 bits per heavy atom. The minimum Gasteiger partial charge on any atom is -0.352 e. The summed E-state index contributed by atoms with van der Waals surface area (Å²) < 4.78 is 42.7. The highest BCUT2D eigenvalue weighted by atomic mass is 32.2. The predicted octanol–water partition coefficient (Wildman–Crippen LogP) is 3.93. The van der Waals surface area contributed by atoms with Crippen molar-refractivity contribution in [2.45, 2.75) is 11.8 Å². The molecule has 32 heavy (non-hydrogen) atoms. The fourth-order valence-electron chi connectivity index (χ4n) is 3.38. The number of amides is 1. The van der Waals surface area contributed by atoms with E-state index in [9.17, 15) is 17.6 Å². The molecule has 3 aromatic carbocycles. The molecule has 0 aliphatic rings. The standard InChI is InChI=1S/C23H21FN4O3S/c1-3-25-23(29)16-6-4-15(5-7-16)22-26-20-14-18(10-13-21(20)28(22)2)27-32(30,31)19-11-8-17(24)9-12-19/h4-14,27H,3H2,1-2H3,(H,25,29). The number of aromatic nitrogens is 2. The van der Waals surface area contributed by atoms with Crippen molar-refractivity contribution < 1.29 is 17.6 Å². The molecule has 0 aliphatic heterocycles. The van der Waals surface area contributed by atoms with Gasteiger partial charge in [-0.1, -0.05) is 12.1 Å². The van der Waals surface area contributed by atoms with Crippen molar-refractivity contribution in [2.24, 2.45) is 7.05 Å². The molecular formula is C23H21FN4O3S. The van der Waals surface area contributed by atoms with Crippen molar-refractivity contribution in [2.75, 3.05) is 11.3 Å². The van der Waals surface area contributed by atoms with E-state index in [0.29, 0.717) is 29.1 Å². The van der Waals surface area contributed by atoms with Gasteiger partial charge in [0.25, 0.3) is 15.9 Å². The molecule has 2 N–H and O–H groups in total. The van der Waals surface area contributed by atoms with Crippen molar-refractivity contribution in [3.63, 3.8) is 0 Å². The Morgan fingerprint density at radius 3 is 2.38 bits per heavy atom. The van der Waals surface area contributed by atoms with E-state index in [-0.39, 0.29) is 10.8 Å². The maximum atomic E-state index is 13.1. The van der Waals surface area contributed by atoms with Gasteiger partial charge >= 0.3 is 0 Å². The molecule has 4 rings (SSSR count). The molecule has 0 saturated heterocycles. The number of fused-ring (bicyclic) bond motifs is 1. The third kappa shape index (κ3) is 4.19. The summed E-state index contributed by atoms with van der Waals surface area (Å²) in [4.78, 5) is 16.6. The number of imidazole rings is 1. The highest BCUT2D eigenvalue weighted by Crippen LogP contribution is 2.27. The monoisotopic (exact) mass is 452 g/mol. The van der Waals surface area contributed by atoms with Crippen LogP contribution in [0.3, 0.4) is 0 Å². The van der Waals surface area contributed by atoms with E-state index in [1.165, 1.54) is 12.1 Å². The van der Waals surface area contributed by atoms with Crippen molar-refractivity contribution in [1.29, 1.82) is 0 Å². The number of hydrogen-bond acceptors (Lipinski definition) is 4. The predicted molar refractivity (Wildman–Crippen MR) is 121 cm³/mol. The number of rotatable bonds is 6. The molecule has 0 aliphatic carbocycles. The van der Waals surface area contributed by atoms with Gasteiger partial charge in [-0.15, -0.1) is 0 Å². The lowest BCUT2D eigenvalue weighted by Crippen LogP contribution is -2.22. The van der Waals surface area contributed by atoms with Crippen molar-refractivity contribution in [3.8, 4) is 11.4 Å². The van der Waals surface area contributed by atoms with E-state index >= 15 is 0 Å². The summed E-state index contributed by atoms with van der Waals surface area (Å²) in [5, 5.41) is 2.76. The molecule has 0 unspecified atom stereocenters. The fourth-order valence-corrected chi connectivity index (χ4v) is 4.43. The van der Waals surface area contributed by atoms with Crippen molar-refractivity contribution >= 4 is 32.7 Å². The van der Waals surface area contributed by atoms with Gasteiger partial charge in [0.05, 0.1) is 21.6 Å². The van der Waals surface area contributed by atoms with Crippen LogP contribution in [-0.2, 0) is 17.1 Å². The number of aryl methyl sites for hydroxylation is 1. The van der Waals surface area contributed by atoms with E-state index < -0.39 is 15.8 Å². The first-order valence-electron chi connectivity index (χ1n) is 9.92. The summed E-state index contributed by atoms with van der Waals surface area (Å²) >= 11 is 0. The van der Waals surface area contributed by atoms with Gasteiger partial charge in [0, 0.05) is 24.7 Å². The van der Waals surface area contributed by atoms with Crippen LogP contribution in [0.5, 0.6) is 0 Å². The molecule has 4 aromatic rings. The first-order chi connectivity index (χ1) is 15.3. The number of hydrogen-bond donors (Lipinski definition) is 2. The zero-order chi connectivity index (χ0) is 22.9. The van der Waals surface area contributed by atoms with Crippen LogP contribution >= 0.6 is 0 Å². The molecular weight excluding hydrogens is 431 g/mol. The first kappa shape index (κ1) is 21.5. The molecule has 0 bridgehead atoms. The quantitative estimate of drug-likeness (QED) is 0.464. The summed E-state index contributed by atoms with van der Waals surface area (Å²) in [5.74, 6) is 0.0357. The van der Waals surface area contributed by atoms with Crippen LogP contribution in [0.1, 0.15) is 17.3 Å². The number of carbonyl (C=O) groups is 1. The summed E-state index contributed by atoms with van der Waals surface area (Å²) in [6.45, 7) is 2.41. The SMILES string of the molecule is CCNC(=O)c1ccc(-c2nc3cc(NS(=O)(=O)c4ccc(F)cc4)ccc3n2C)cc1. The van der Waals surface area contributed by atoms with E-state index in [1.807, 2.05) is 30.7 Å². The van der Waals surface area contributed by atoms with Crippen LogP contribution in [0.15, 0.2) is 71.6 Å². The lowest BCUT2D eigenvalue weighted by Gasteiger charge is -2.08. The van der Waals surface area contributed by atoms with Gasteiger partial charge in [0.15, 0.2) is 0 Å². The Labute approximate surface area is 185 Å². The Bertz CT molecular complexity index is 1400. The second-order valence-corrected chi connectivity index (χ2v) is 8.88. The van der Waals surface area contributed by atoms with Gasteiger partial charge in [-0.05, 0) is 61.5 Å². The summed E-state index contributed by atoms with van der Waals surface area (Å²) in [7, 11) is -2.00. The van der Waals surface area contributed by atoms with Gasteiger partial charge < -0.3 is 9.88 Å². The summed E-state index contributed by atoms with van der Waals surface area (Å²) in [6.07, 6.45) is 0. The second-order valence-electron chi connectivity index (χ2n) is 7.19. The zero-order valence-electron chi connectivity index (χ0n) is 17.5. The lowest BCUT2D eigenvalue weighted by atomic mass is 10.1. The number of halogens is 1. The molecule has 0 atom stereocenters. The maximum absolute atomic E-state index is 13.1. The van der Waals surface area contributed by atoms with Crippen LogP contribution in [-0.4, -0.2) is 30.4 Å². The zero-order valence-corrected chi connectivity index (χ0v) is 18.3. The van der Waals surface area contributed by atoms with E-state index in [0.717, 1.165) is 23.2 Å². The topological polar surface area (TPSA) is 93.1 Å². The maximum Gasteiger partial charge on any atom is 0.261 e. The average Bonchev–Trinajstić information content (AvgIpc) is 3.10. The Kier molecular flexibility index (Phi) is 5.67. The molecule has 9 heteroatoms. The molecule has 1 aromatic heterocycles. The van der Waals surface area contributed by atoms with E-state index in [2.05, 4.69) is 15.0 Å². The second kappa shape index (κ2) is 8.43. The van der Waals surface area contributed by atoms with Crippen LogP contribution in [0, 0.1) is 5.82 Å². The molecule has 7 nitrogen and oxygen atoms in total. The van der Waals surface area contributed by atoms with E-state index in [1.54, 1.807) is 30.3 Å². The number of nitrogens with zero attached hydrogens (tertiary/aromatic N) is 2. The number of nitrogens with one attached hydrogen (secondary N) is 2. The average molecular weight is 453 g/mol. The van der Waals surface area contributed by atoms with Crippen LogP contribution < -0.4 is 10.0 Å². The fraction of sp³-hybridized carbons (Fsp3) is 0.130. The minimum absolute atomic E-state index is 0.0343. The van der Waals surface area contributed by atoms with Gasteiger partial charge in [-0.25, -0.2) is 17.8 Å².